The largest absolute Gasteiger partial charge is 0.495 e. The summed E-state index contributed by atoms with van der Waals surface area (Å²) in [6, 6.07) is 6.41. The molecule has 0 aromatic heterocycles. The van der Waals surface area contributed by atoms with Crippen molar-refractivity contribution in [2.45, 2.75) is 33.2 Å². The second kappa shape index (κ2) is 5.64. The minimum absolute atomic E-state index is 0.486. The van der Waals surface area contributed by atoms with Gasteiger partial charge in [-0.05, 0) is 32.4 Å². The molecule has 0 aliphatic heterocycles. The Kier molecular flexibility index (Phi) is 4.47. The second-order valence-corrected chi connectivity index (χ2v) is 3.94. The summed E-state index contributed by atoms with van der Waals surface area (Å²) in [4.78, 5) is 2.30. The normalized spacial score (nSPS) is 12.2. The van der Waals surface area contributed by atoms with Gasteiger partial charge in [0.15, 0.2) is 0 Å². The van der Waals surface area contributed by atoms with Gasteiger partial charge in [0, 0.05) is 12.6 Å². The van der Waals surface area contributed by atoms with Crippen LogP contribution < -0.4 is 15.4 Å². The molecule has 2 N–H and O–H groups in total. The highest BCUT2D eigenvalue weighted by atomic mass is 16.5. The van der Waals surface area contributed by atoms with E-state index in [-0.39, 0.29) is 0 Å². The Morgan fingerprint density at radius 3 is 2.56 bits per heavy atom. The molecule has 3 heteroatoms. The number of rotatable bonds is 5. The van der Waals surface area contributed by atoms with Crippen molar-refractivity contribution < 1.29 is 4.74 Å². The zero-order valence-electron chi connectivity index (χ0n) is 10.7. The van der Waals surface area contributed by atoms with E-state index in [1.807, 2.05) is 18.2 Å². The Bertz CT molecular complexity index is 339. The molecular weight excluding hydrogens is 200 g/mol. The number of anilines is 2. The maximum absolute atomic E-state index is 6.10. The van der Waals surface area contributed by atoms with E-state index >= 15 is 0 Å². The fourth-order valence-corrected chi connectivity index (χ4v) is 1.90. The monoisotopic (exact) mass is 222 g/mol. The first-order valence-corrected chi connectivity index (χ1v) is 5.84. The standard InChI is InChI=1S/C13H22N2O/c1-5-10(3)15(6-2)11-8-7-9-12(16-4)13(11)14/h7-10H,5-6,14H2,1-4H3. The Morgan fingerprint density at radius 2 is 2.06 bits per heavy atom. The van der Waals surface area contributed by atoms with Crippen LogP contribution in [0.3, 0.4) is 0 Å². The fraction of sp³-hybridized carbons (Fsp3) is 0.538. The molecule has 0 aliphatic carbocycles. The van der Waals surface area contributed by atoms with Crippen LogP contribution in [0.25, 0.3) is 0 Å². The van der Waals surface area contributed by atoms with Crippen LogP contribution in [0.15, 0.2) is 18.2 Å². The van der Waals surface area contributed by atoms with Crippen molar-refractivity contribution >= 4 is 11.4 Å². The summed E-state index contributed by atoms with van der Waals surface area (Å²) < 4.78 is 5.24. The predicted octanol–water partition coefficient (Wildman–Crippen LogP) is 2.90. The van der Waals surface area contributed by atoms with Gasteiger partial charge in [-0.2, -0.15) is 0 Å². The van der Waals surface area contributed by atoms with E-state index < -0.39 is 0 Å². The Morgan fingerprint density at radius 1 is 1.38 bits per heavy atom. The number of hydrogen-bond acceptors (Lipinski definition) is 3. The fourth-order valence-electron chi connectivity index (χ4n) is 1.90. The molecule has 0 radical (unpaired) electrons. The molecule has 1 aromatic carbocycles. The van der Waals surface area contributed by atoms with Gasteiger partial charge in [0.05, 0.1) is 18.5 Å². The minimum atomic E-state index is 0.486. The Balaban J connectivity index is 3.10. The smallest absolute Gasteiger partial charge is 0.143 e. The number of hydrogen-bond donors (Lipinski definition) is 1. The molecule has 0 spiro atoms. The van der Waals surface area contributed by atoms with E-state index in [9.17, 15) is 0 Å². The van der Waals surface area contributed by atoms with Gasteiger partial charge in [0.1, 0.15) is 5.75 Å². The summed E-state index contributed by atoms with van der Waals surface area (Å²) in [6.07, 6.45) is 1.10. The molecule has 16 heavy (non-hydrogen) atoms. The van der Waals surface area contributed by atoms with Crippen LogP contribution in [-0.4, -0.2) is 19.7 Å². The number of para-hydroxylation sites is 1. The molecule has 0 bridgehead atoms. The first-order valence-electron chi connectivity index (χ1n) is 5.84. The highest BCUT2D eigenvalue weighted by Crippen LogP contribution is 2.33. The van der Waals surface area contributed by atoms with Crippen LogP contribution in [0.1, 0.15) is 27.2 Å². The molecule has 0 aliphatic rings. The summed E-state index contributed by atoms with van der Waals surface area (Å²) in [5.41, 5.74) is 7.89. The van der Waals surface area contributed by atoms with E-state index in [4.69, 9.17) is 10.5 Å². The van der Waals surface area contributed by atoms with Crippen molar-refractivity contribution in [3.8, 4) is 5.75 Å². The molecule has 1 aromatic rings. The van der Waals surface area contributed by atoms with Gasteiger partial charge < -0.3 is 15.4 Å². The lowest BCUT2D eigenvalue weighted by molar-refractivity contribution is 0.417. The summed E-state index contributed by atoms with van der Waals surface area (Å²) in [7, 11) is 1.65. The lowest BCUT2D eigenvalue weighted by atomic mass is 10.1. The number of nitrogens with two attached hydrogens (primary N) is 1. The quantitative estimate of drug-likeness (QED) is 0.778. The van der Waals surface area contributed by atoms with Crippen molar-refractivity contribution in [3.05, 3.63) is 18.2 Å². The highest BCUT2D eigenvalue weighted by molar-refractivity contribution is 5.74. The SMILES string of the molecule is CCC(C)N(CC)c1cccc(OC)c1N. The zero-order chi connectivity index (χ0) is 12.1. The molecule has 0 amide bonds. The molecule has 1 unspecified atom stereocenters. The van der Waals surface area contributed by atoms with Gasteiger partial charge in [0.25, 0.3) is 0 Å². The van der Waals surface area contributed by atoms with Crippen molar-refractivity contribution in [2.75, 3.05) is 24.3 Å². The van der Waals surface area contributed by atoms with Crippen LogP contribution in [-0.2, 0) is 0 Å². The third-order valence-corrected chi connectivity index (χ3v) is 3.04. The number of nitrogens with zero attached hydrogens (tertiary/aromatic N) is 1. The predicted molar refractivity (Wildman–Crippen MR) is 70.2 cm³/mol. The molecule has 0 heterocycles. The van der Waals surface area contributed by atoms with Crippen molar-refractivity contribution in [2.24, 2.45) is 0 Å². The maximum Gasteiger partial charge on any atom is 0.143 e. The lowest BCUT2D eigenvalue weighted by Gasteiger charge is -2.31. The van der Waals surface area contributed by atoms with Gasteiger partial charge in [-0.15, -0.1) is 0 Å². The van der Waals surface area contributed by atoms with Crippen LogP contribution in [0, 0.1) is 0 Å². The molecule has 1 rings (SSSR count). The van der Waals surface area contributed by atoms with E-state index in [2.05, 4.69) is 25.7 Å². The average molecular weight is 222 g/mol. The molecule has 3 nitrogen and oxygen atoms in total. The van der Waals surface area contributed by atoms with Crippen LogP contribution in [0.2, 0.25) is 0 Å². The summed E-state index contributed by atoms with van der Waals surface area (Å²) in [6.45, 7) is 7.49. The number of benzene rings is 1. The minimum Gasteiger partial charge on any atom is -0.495 e. The maximum atomic E-state index is 6.10. The van der Waals surface area contributed by atoms with Gasteiger partial charge in [-0.25, -0.2) is 0 Å². The number of nitrogen functional groups attached to an aromatic ring is 1. The molecule has 0 saturated carbocycles. The molecular formula is C13H22N2O. The van der Waals surface area contributed by atoms with Crippen molar-refractivity contribution in [1.29, 1.82) is 0 Å². The van der Waals surface area contributed by atoms with Gasteiger partial charge in [0.2, 0.25) is 0 Å². The molecule has 0 saturated heterocycles. The Hall–Kier alpha value is -1.38. The summed E-state index contributed by atoms with van der Waals surface area (Å²) >= 11 is 0. The van der Waals surface area contributed by atoms with E-state index in [0.717, 1.165) is 30.1 Å². The molecule has 0 fully saturated rings. The summed E-state index contributed by atoms with van der Waals surface area (Å²) in [5, 5.41) is 0. The number of ether oxygens (including phenoxy) is 1. The van der Waals surface area contributed by atoms with Crippen LogP contribution >= 0.6 is 0 Å². The van der Waals surface area contributed by atoms with Crippen molar-refractivity contribution in [3.63, 3.8) is 0 Å². The topological polar surface area (TPSA) is 38.5 Å². The first kappa shape index (κ1) is 12.7. The lowest BCUT2D eigenvalue weighted by Crippen LogP contribution is -2.32. The van der Waals surface area contributed by atoms with Gasteiger partial charge >= 0.3 is 0 Å². The van der Waals surface area contributed by atoms with E-state index in [0.29, 0.717) is 6.04 Å². The van der Waals surface area contributed by atoms with Gasteiger partial charge in [-0.3, -0.25) is 0 Å². The number of methoxy groups -OCH3 is 1. The van der Waals surface area contributed by atoms with Gasteiger partial charge in [-0.1, -0.05) is 13.0 Å². The zero-order valence-corrected chi connectivity index (χ0v) is 10.7. The third-order valence-electron chi connectivity index (χ3n) is 3.04. The summed E-state index contributed by atoms with van der Waals surface area (Å²) in [5.74, 6) is 0.749. The third kappa shape index (κ3) is 2.40. The van der Waals surface area contributed by atoms with E-state index in [1.54, 1.807) is 7.11 Å². The average Bonchev–Trinajstić information content (AvgIpc) is 2.31. The van der Waals surface area contributed by atoms with E-state index in [1.165, 1.54) is 0 Å². The molecule has 1 atom stereocenters. The second-order valence-electron chi connectivity index (χ2n) is 3.94. The van der Waals surface area contributed by atoms with Crippen LogP contribution in [0.5, 0.6) is 5.75 Å². The van der Waals surface area contributed by atoms with Crippen LogP contribution in [0.4, 0.5) is 11.4 Å². The first-order chi connectivity index (χ1) is 7.65. The molecule has 90 valence electrons. The van der Waals surface area contributed by atoms with Crippen molar-refractivity contribution in [1.82, 2.24) is 0 Å². The Labute approximate surface area is 98.2 Å². The highest BCUT2D eigenvalue weighted by Gasteiger charge is 2.15.